The van der Waals surface area contributed by atoms with Crippen LogP contribution in [0.5, 0.6) is 0 Å². The van der Waals surface area contributed by atoms with E-state index in [9.17, 15) is 0 Å². The van der Waals surface area contributed by atoms with Gasteiger partial charge in [0.25, 0.3) is 0 Å². The van der Waals surface area contributed by atoms with Gasteiger partial charge >= 0.3 is 0 Å². The number of allylic oxidation sites excluding steroid dienone is 1. The fourth-order valence-electron chi connectivity index (χ4n) is 2.55. The Bertz CT molecular complexity index is 410. The van der Waals surface area contributed by atoms with Gasteiger partial charge in [0.1, 0.15) is 5.76 Å². The van der Waals surface area contributed by atoms with E-state index in [-0.39, 0.29) is 0 Å². The molecule has 1 aliphatic carbocycles. The van der Waals surface area contributed by atoms with Gasteiger partial charge in [-0.2, -0.15) is 0 Å². The largest absolute Gasteiger partial charge is 0.543 e. The highest BCUT2D eigenvalue weighted by Crippen LogP contribution is 2.34. The smallest absolute Gasteiger partial charge is 0.250 e. The average molecular weight is 246 g/mol. The monoisotopic (exact) mass is 246 g/mol. The van der Waals surface area contributed by atoms with E-state index in [0.717, 1.165) is 12.2 Å². The quantitative estimate of drug-likeness (QED) is 0.690. The minimum absolute atomic E-state index is 1.03. The van der Waals surface area contributed by atoms with Crippen molar-refractivity contribution in [3.8, 4) is 0 Å². The second-order valence-corrected chi connectivity index (χ2v) is 9.47. The normalized spacial score (nSPS) is 14.4. The Morgan fingerprint density at radius 3 is 2.35 bits per heavy atom. The molecule has 0 aromatic heterocycles. The molecular weight excluding hydrogens is 224 g/mol. The average Bonchev–Trinajstić information content (AvgIpc) is 2.79. The van der Waals surface area contributed by atoms with Crippen LogP contribution in [0, 0.1) is 0 Å². The lowest BCUT2D eigenvalue weighted by molar-refractivity contribution is 0.492. The van der Waals surface area contributed by atoms with Gasteiger partial charge in [0.05, 0.1) is 0 Å². The third-order valence-electron chi connectivity index (χ3n) is 4.05. The molecule has 0 saturated heterocycles. The third-order valence-corrected chi connectivity index (χ3v) is 8.57. The molecule has 1 aromatic rings. The standard InChI is InChI=1S/C15H22OSi/c1-4-17(5-2,6-3)16-15-12-11-13-9-7-8-10-14(13)15/h7-10,12H,4-6,11H2,1-3H3. The van der Waals surface area contributed by atoms with E-state index in [4.69, 9.17) is 4.43 Å². The summed E-state index contributed by atoms with van der Waals surface area (Å²) in [7, 11) is -1.52. The highest BCUT2D eigenvalue weighted by Gasteiger charge is 2.32. The topological polar surface area (TPSA) is 9.23 Å². The number of rotatable bonds is 5. The van der Waals surface area contributed by atoms with Crippen molar-refractivity contribution in [2.24, 2.45) is 0 Å². The van der Waals surface area contributed by atoms with Gasteiger partial charge < -0.3 is 4.43 Å². The maximum absolute atomic E-state index is 6.47. The lowest BCUT2D eigenvalue weighted by Gasteiger charge is -2.30. The van der Waals surface area contributed by atoms with Gasteiger partial charge in [-0.1, -0.05) is 45.0 Å². The number of hydrogen-bond acceptors (Lipinski definition) is 1. The van der Waals surface area contributed by atoms with E-state index in [1.807, 2.05) is 0 Å². The van der Waals surface area contributed by atoms with Crippen LogP contribution in [0.3, 0.4) is 0 Å². The molecule has 2 rings (SSSR count). The van der Waals surface area contributed by atoms with Crippen LogP contribution < -0.4 is 0 Å². The summed E-state index contributed by atoms with van der Waals surface area (Å²) in [5.74, 6) is 1.15. The van der Waals surface area contributed by atoms with Crippen molar-refractivity contribution in [1.82, 2.24) is 0 Å². The molecule has 0 unspecified atom stereocenters. The van der Waals surface area contributed by atoms with Gasteiger partial charge in [0, 0.05) is 5.56 Å². The van der Waals surface area contributed by atoms with Crippen molar-refractivity contribution < 1.29 is 4.43 Å². The van der Waals surface area contributed by atoms with Gasteiger partial charge in [-0.3, -0.25) is 0 Å². The number of hydrogen-bond donors (Lipinski definition) is 0. The van der Waals surface area contributed by atoms with E-state index in [1.165, 1.54) is 29.3 Å². The minimum atomic E-state index is -1.52. The molecule has 0 N–H and O–H groups in total. The Balaban J connectivity index is 2.21. The van der Waals surface area contributed by atoms with Crippen molar-refractivity contribution >= 4 is 14.1 Å². The summed E-state index contributed by atoms with van der Waals surface area (Å²) in [6.07, 6.45) is 3.29. The second-order valence-electron chi connectivity index (χ2n) is 4.78. The Morgan fingerprint density at radius 1 is 1.06 bits per heavy atom. The van der Waals surface area contributed by atoms with E-state index in [0.29, 0.717) is 0 Å². The van der Waals surface area contributed by atoms with Crippen molar-refractivity contribution in [3.05, 3.63) is 41.5 Å². The number of benzene rings is 1. The van der Waals surface area contributed by atoms with Crippen LogP contribution in [0.4, 0.5) is 0 Å². The first-order valence-electron chi connectivity index (χ1n) is 6.72. The molecule has 0 saturated carbocycles. The van der Waals surface area contributed by atoms with Crippen LogP contribution in [-0.4, -0.2) is 8.32 Å². The van der Waals surface area contributed by atoms with Crippen LogP contribution in [-0.2, 0) is 10.8 Å². The van der Waals surface area contributed by atoms with Gasteiger partial charge in [-0.25, -0.2) is 0 Å². The van der Waals surface area contributed by atoms with Gasteiger partial charge in [-0.15, -0.1) is 0 Å². The Labute approximate surface area is 106 Å². The van der Waals surface area contributed by atoms with Gasteiger partial charge in [-0.05, 0) is 36.2 Å². The zero-order valence-corrected chi connectivity index (χ0v) is 12.1. The molecule has 0 fully saturated rings. The molecule has 1 aliphatic rings. The predicted octanol–water partition coefficient (Wildman–Crippen LogP) is 4.61. The van der Waals surface area contributed by atoms with E-state index in [1.54, 1.807) is 0 Å². The van der Waals surface area contributed by atoms with Gasteiger partial charge in [0.15, 0.2) is 0 Å². The summed E-state index contributed by atoms with van der Waals surface area (Å²) in [5.41, 5.74) is 2.73. The first kappa shape index (κ1) is 12.4. The number of fused-ring (bicyclic) bond motifs is 1. The Hall–Kier alpha value is -1.02. The lowest BCUT2D eigenvalue weighted by Crippen LogP contribution is -2.34. The highest BCUT2D eigenvalue weighted by molar-refractivity contribution is 6.74. The fraction of sp³-hybridized carbons (Fsp3) is 0.467. The van der Waals surface area contributed by atoms with Crippen molar-refractivity contribution in [3.63, 3.8) is 0 Å². The lowest BCUT2D eigenvalue weighted by atomic mass is 10.1. The van der Waals surface area contributed by atoms with Crippen molar-refractivity contribution in [1.29, 1.82) is 0 Å². The predicted molar refractivity (Wildman–Crippen MR) is 76.4 cm³/mol. The zero-order valence-electron chi connectivity index (χ0n) is 11.1. The zero-order chi connectivity index (χ0) is 12.3. The molecule has 0 radical (unpaired) electrons. The van der Waals surface area contributed by atoms with E-state index in [2.05, 4.69) is 51.1 Å². The van der Waals surface area contributed by atoms with E-state index >= 15 is 0 Å². The first-order valence-corrected chi connectivity index (χ1v) is 9.25. The summed E-state index contributed by atoms with van der Waals surface area (Å²) >= 11 is 0. The molecule has 1 nitrogen and oxygen atoms in total. The summed E-state index contributed by atoms with van der Waals surface area (Å²) in [5, 5.41) is 0. The maximum atomic E-state index is 6.47. The molecule has 0 heterocycles. The molecule has 0 atom stereocenters. The molecule has 0 bridgehead atoms. The first-order chi connectivity index (χ1) is 8.24. The molecule has 92 valence electrons. The molecular formula is C15H22OSi. The Kier molecular flexibility index (Phi) is 3.72. The minimum Gasteiger partial charge on any atom is -0.543 e. The highest BCUT2D eigenvalue weighted by atomic mass is 28.4. The van der Waals surface area contributed by atoms with Gasteiger partial charge in [0.2, 0.25) is 8.32 Å². The van der Waals surface area contributed by atoms with Crippen LogP contribution in [0.2, 0.25) is 18.1 Å². The molecule has 1 aromatic carbocycles. The summed E-state index contributed by atoms with van der Waals surface area (Å²) in [6, 6.07) is 12.2. The fourth-order valence-corrected chi connectivity index (χ4v) is 5.14. The molecule has 17 heavy (non-hydrogen) atoms. The van der Waals surface area contributed by atoms with Crippen LogP contribution in [0.1, 0.15) is 31.9 Å². The van der Waals surface area contributed by atoms with E-state index < -0.39 is 8.32 Å². The van der Waals surface area contributed by atoms with Crippen LogP contribution in [0.15, 0.2) is 30.3 Å². The molecule has 0 spiro atoms. The maximum Gasteiger partial charge on any atom is 0.250 e. The summed E-state index contributed by atoms with van der Waals surface area (Å²) < 4.78 is 6.47. The molecule has 0 aliphatic heterocycles. The van der Waals surface area contributed by atoms with Crippen LogP contribution in [0.25, 0.3) is 5.76 Å². The molecule has 2 heteroatoms. The van der Waals surface area contributed by atoms with Crippen molar-refractivity contribution in [2.75, 3.05) is 0 Å². The second kappa shape index (κ2) is 5.09. The summed E-state index contributed by atoms with van der Waals surface area (Å²) in [6.45, 7) is 6.84. The van der Waals surface area contributed by atoms with Crippen molar-refractivity contribution in [2.45, 2.75) is 45.3 Å². The molecule has 0 amide bonds. The Morgan fingerprint density at radius 2 is 1.71 bits per heavy atom. The SMILES string of the molecule is CC[Si](CC)(CC)OC1=CCc2ccccc21. The summed E-state index contributed by atoms with van der Waals surface area (Å²) in [4.78, 5) is 0. The third kappa shape index (κ3) is 2.32. The van der Waals surface area contributed by atoms with Crippen LogP contribution >= 0.6 is 0 Å².